The van der Waals surface area contributed by atoms with Gasteiger partial charge in [0.1, 0.15) is 4.60 Å². The molecule has 0 spiro atoms. The van der Waals surface area contributed by atoms with Crippen molar-refractivity contribution in [3.63, 3.8) is 0 Å². The third-order valence-corrected chi connectivity index (χ3v) is 3.59. The number of hydrogen-bond acceptors (Lipinski definition) is 3. The molecule has 19 heavy (non-hydrogen) atoms. The minimum Gasteiger partial charge on any atom is -0.397 e. The van der Waals surface area contributed by atoms with Crippen molar-refractivity contribution in [3.8, 4) is 0 Å². The zero-order valence-electron chi connectivity index (χ0n) is 9.45. The highest BCUT2D eigenvalue weighted by molar-refractivity contribution is 9.10. The summed E-state index contributed by atoms with van der Waals surface area (Å²) in [7, 11) is 0. The third kappa shape index (κ3) is 3.37. The van der Waals surface area contributed by atoms with E-state index in [1.807, 2.05) is 0 Å². The number of anilines is 2. The van der Waals surface area contributed by atoms with Crippen LogP contribution in [0.1, 0.15) is 10.4 Å². The molecule has 4 nitrogen and oxygen atoms in total. The van der Waals surface area contributed by atoms with Gasteiger partial charge in [-0.2, -0.15) is 0 Å². The van der Waals surface area contributed by atoms with Crippen LogP contribution in [-0.4, -0.2) is 10.9 Å². The van der Waals surface area contributed by atoms with Crippen LogP contribution in [0, 0.1) is 0 Å². The number of carbonyl (C=O) groups is 1. The van der Waals surface area contributed by atoms with E-state index in [0.717, 1.165) is 0 Å². The fraction of sp³-hybridized carbons (Fsp3) is 0. The van der Waals surface area contributed by atoms with E-state index in [1.165, 1.54) is 18.3 Å². The molecule has 1 aromatic heterocycles. The van der Waals surface area contributed by atoms with Gasteiger partial charge in [-0.05, 0) is 40.2 Å². The second-order valence-electron chi connectivity index (χ2n) is 3.69. The van der Waals surface area contributed by atoms with Crippen molar-refractivity contribution < 1.29 is 4.79 Å². The number of pyridine rings is 1. The van der Waals surface area contributed by atoms with Crippen LogP contribution < -0.4 is 11.1 Å². The highest BCUT2D eigenvalue weighted by Gasteiger charge is 2.11. The van der Waals surface area contributed by atoms with Gasteiger partial charge in [-0.1, -0.05) is 23.2 Å². The molecule has 0 radical (unpaired) electrons. The number of nitrogens with two attached hydrogens (primary N) is 1. The first kappa shape index (κ1) is 14.1. The van der Waals surface area contributed by atoms with E-state index in [0.29, 0.717) is 15.9 Å². The molecule has 0 saturated carbocycles. The van der Waals surface area contributed by atoms with Crippen molar-refractivity contribution >= 4 is 56.4 Å². The van der Waals surface area contributed by atoms with Crippen molar-refractivity contribution in [1.29, 1.82) is 0 Å². The predicted molar refractivity (Wildman–Crippen MR) is 80.8 cm³/mol. The highest BCUT2D eigenvalue weighted by Crippen LogP contribution is 2.29. The molecule has 2 aromatic rings. The Morgan fingerprint density at radius 1 is 1.32 bits per heavy atom. The van der Waals surface area contributed by atoms with Crippen molar-refractivity contribution in [2.45, 2.75) is 0 Å². The van der Waals surface area contributed by atoms with Crippen LogP contribution in [-0.2, 0) is 0 Å². The van der Waals surface area contributed by atoms with E-state index >= 15 is 0 Å². The summed E-state index contributed by atoms with van der Waals surface area (Å²) in [6, 6.07) is 6.37. The lowest BCUT2D eigenvalue weighted by atomic mass is 10.2. The molecule has 98 valence electrons. The molecule has 0 fully saturated rings. The Bertz CT molecular complexity index is 608. The van der Waals surface area contributed by atoms with Crippen LogP contribution >= 0.6 is 39.1 Å². The number of aromatic nitrogens is 1. The number of nitrogens with zero attached hydrogens (tertiary/aromatic N) is 1. The monoisotopic (exact) mass is 359 g/mol. The number of hydrogen-bond donors (Lipinski definition) is 2. The number of halogens is 3. The lowest BCUT2D eigenvalue weighted by molar-refractivity contribution is 0.102. The van der Waals surface area contributed by atoms with Crippen LogP contribution in [0.4, 0.5) is 11.4 Å². The minimum absolute atomic E-state index is 0.237. The molecule has 2 rings (SSSR count). The number of rotatable bonds is 2. The van der Waals surface area contributed by atoms with Gasteiger partial charge < -0.3 is 11.1 Å². The van der Waals surface area contributed by atoms with Crippen molar-refractivity contribution in [1.82, 2.24) is 4.98 Å². The number of carbonyl (C=O) groups excluding carboxylic acids is 1. The Morgan fingerprint density at radius 3 is 2.63 bits per heavy atom. The topological polar surface area (TPSA) is 68.0 Å². The molecule has 3 N–H and O–H groups in total. The number of nitrogens with one attached hydrogen (secondary N) is 1. The van der Waals surface area contributed by atoms with Crippen molar-refractivity contribution in [2.75, 3.05) is 11.1 Å². The molecule has 0 aliphatic rings. The van der Waals surface area contributed by atoms with Gasteiger partial charge in [0.15, 0.2) is 0 Å². The number of nitrogen functional groups attached to an aromatic ring is 1. The first-order valence-corrected chi connectivity index (χ1v) is 6.69. The molecule has 0 bridgehead atoms. The van der Waals surface area contributed by atoms with Crippen LogP contribution in [0.5, 0.6) is 0 Å². The maximum absolute atomic E-state index is 12.0. The lowest BCUT2D eigenvalue weighted by Gasteiger charge is -2.07. The Balaban J connectivity index is 2.23. The standard InChI is InChI=1S/C12H8BrCl2N3O/c13-10-2-1-7(5-17-10)18-12(19)6-3-8(14)11(15)9(16)4-6/h1-5H,16H2,(H,18,19). The molecule has 1 heterocycles. The van der Waals surface area contributed by atoms with Crippen LogP contribution in [0.15, 0.2) is 35.1 Å². The molecule has 0 atom stereocenters. The molecule has 0 unspecified atom stereocenters. The smallest absolute Gasteiger partial charge is 0.255 e. The van der Waals surface area contributed by atoms with E-state index in [9.17, 15) is 4.79 Å². The summed E-state index contributed by atoms with van der Waals surface area (Å²) in [5, 5.41) is 3.16. The zero-order chi connectivity index (χ0) is 14.0. The van der Waals surface area contributed by atoms with Crippen LogP contribution in [0.3, 0.4) is 0 Å². The fourth-order valence-corrected chi connectivity index (χ4v) is 1.96. The molecule has 1 aromatic carbocycles. The van der Waals surface area contributed by atoms with Gasteiger partial charge in [0, 0.05) is 5.56 Å². The van der Waals surface area contributed by atoms with Crippen molar-refractivity contribution in [3.05, 3.63) is 50.7 Å². The predicted octanol–water partition coefficient (Wildman–Crippen LogP) is 3.99. The molecule has 0 aliphatic heterocycles. The van der Waals surface area contributed by atoms with Gasteiger partial charge in [0.05, 0.1) is 27.6 Å². The quantitative estimate of drug-likeness (QED) is 0.628. The Kier molecular flexibility index (Phi) is 4.29. The highest BCUT2D eigenvalue weighted by atomic mass is 79.9. The van der Waals surface area contributed by atoms with E-state index in [4.69, 9.17) is 28.9 Å². The lowest BCUT2D eigenvalue weighted by Crippen LogP contribution is -2.12. The van der Waals surface area contributed by atoms with Gasteiger partial charge in [-0.3, -0.25) is 4.79 Å². The molecule has 0 saturated heterocycles. The van der Waals surface area contributed by atoms with E-state index in [-0.39, 0.29) is 21.6 Å². The van der Waals surface area contributed by atoms with Gasteiger partial charge in [-0.25, -0.2) is 4.98 Å². The van der Waals surface area contributed by atoms with E-state index < -0.39 is 0 Å². The molecule has 0 aliphatic carbocycles. The van der Waals surface area contributed by atoms with Crippen LogP contribution in [0.2, 0.25) is 10.0 Å². The van der Waals surface area contributed by atoms with Gasteiger partial charge in [-0.15, -0.1) is 0 Å². The number of amides is 1. The fourth-order valence-electron chi connectivity index (χ4n) is 1.39. The normalized spacial score (nSPS) is 10.3. The Morgan fingerprint density at radius 2 is 2.05 bits per heavy atom. The minimum atomic E-state index is -0.339. The Hall–Kier alpha value is -1.30. The van der Waals surface area contributed by atoms with Crippen LogP contribution in [0.25, 0.3) is 0 Å². The number of benzene rings is 1. The molecular weight excluding hydrogens is 353 g/mol. The van der Waals surface area contributed by atoms with E-state index in [1.54, 1.807) is 12.1 Å². The summed E-state index contributed by atoms with van der Waals surface area (Å²) in [6.07, 6.45) is 1.53. The summed E-state index contributed by atoms with van der Waals surface area (Å²) in [6.45, 7) is 0. The zero-order valence-corrected chi connectivity index (χ0v) is 12.6. The second-order valence-corrected chi connectivity index (χ2v) is 5.28. The second kappa shape index (κ2) is 5.77. The molecule has 1 amide bonds. The first-order valence-electron chi connectivity index (χ1n) is 5.15. The molecule has 7 heteroatoms. The van der Waals surface area contributed by atoms with Gasteiger partial charge in [0.25, 0.3) is 5.91 Å². The molecular formula is C12H8BrCl2N3O. The third-order valence-electron chi connectivity index (χ3n) is 2.30. The summed E-state index contributed by atoms with van der Waals surface area (Å²) in [5.74, 6) is -0.339. The Labute approximate surface area is 128 Å². The average molecular weight is 361 g/mol. The maximum atomic E-state index is 12.0. The van der Waals surface area contributed by atoms with Gasteiger partial charge >= 0.3 is 0 Å². The summed E-state index contributed by atoms with van der Waals surface area (Å²) < 4.78 is 0.685. The summed E-state index contributed by atoms with van der Waals surface area (Å²) in [4.78, 5) is 16.0. The van der Waals surface area contributed by atoms with E-state index in [2.05, 4.69) is 26.2 Å². The largest absolute Gasteiger partial charge is 0.397 e. The van der Waals surface area contributed by atoms with Gasteiger partial charge in [0.2, 0.25) is 0 Å². The first-order chi connectivity index (χ1) is 8.97. The SMILES string of the molecule is Nc1cc(C(=O)Nc2ccc(Br)nc2)cc(Cl)c1Cl. The van der Waals surface area contributed by atoms with Crippen molar-refractivity contribution in [2.24, 2.45) is 0 Å². The average Bonchev–Trinajstić information content (AvgIpc) is 2.38. The summed E-state index contributed by atoms with van der Waals surface area (Å²) >= 11 is 14.9. The summed E-state index contributed by atoms with van der Waals surface area (Å²) in [5.41, 5.74) is 6.81. The maximum Gasteiger partial charge on any atom is 0.255 e.